The van der Waals surface area contributed by atoms with Gasteiger partial charge in [-0.05, 0) is 43.0 Å². The lowest BCUT2D eigenvalue weighted by Gasteiger charge is -2.34. The molecule has 1 atom stereocenters. The maximum atomic E-state index is 13.4. The van der Waals surface area contributed by atoms with E-state index in [9.17, 15) is 9.18 Å². The molecule has 1 aliphatic rings. The number of carbonyl (C=O) groups excluding carboxylic acids is 1. The van der Waals surface area contributed by atoms with Crippen LogP contribution in [0.3, 0.4) is 0 Å². The van der Waals surface area contributed by atoms with E-state index >= 15 is 0 Å². The molecule has 0 saturated carbocycles. The Kier molecular flexibility index (Phi) is 5.74. The van der Waals surface area contributed by atoms with Gasteiger partial charge in [0.2, 0.25) is 5.91 Å². The van der Waals surface area contributed by atoms with Gasteiger partial charge in [-0.2, -0.15) is 0 Å². The number of amides is 1. The quantitative estimate of drug-likeness (QED) is 0.817. The average molecular weight is 292 g/mol. The van der Waals surface area contributed by atoms with E-state index in [-0.39, 0.29) is 17.8 Å². The zero-order chi connectivity index (χ0) is 15.2. The van der Waals surface area contributed by atoms with Gasteiger partial charge in [-0.3, -0.25) is 9.69 Å². The highest BCUT2D eigenvalue weighted by Crippen LogP contribution is 2.29. The predicted molar refractivity (Wildman–Crippen MR) is 82.6 cm³/mol. The summed E-state index contributed by atoms with van der Waals surface area (Å²) in [7, 11) is 0. The van der Waals surface area contributed by atoms with Crippen LogP contribution in [0.15, 0.2) is 18.2 Å². The van der Waals surface area contributed by atoms with Gasteiger partial charge in [0.1, 0.15) is 5.82 Å². The first-order valence-electron chi connectivity index (χ1n) is 7.91. The lowest BCUT2D eigenvalue weighted by atomic mass is 9.93. The summed E-state index contributed by atoms with van der Waals surface area (Å²) in [5.41, 5.74) is 2.21. The number of fused-ring (bicyclic) bond motifs is 1. The van der Waals surface area contributed by atoms with Crippen LogP contribution in [0.2, 0.25) is 0 Å². The molecule has 0 aromatic heterocycles. The first-order valence-corrected chi connectivity index (χ1v) is 7.91. The molecule has 0 radical (unpaired) electrons. The monoisotopic (exact) mass is 292 g/mol. The van der Waals surface area contributed by atoms with E-state index in [4.69, 9.17) is 0 Å². The van der Waals surface area contributed by atoms with Gasteiger partial charge in [-0.25, -0.2) is 4.39 Å². The molecule has 1 aliphatic heterocycles. The van der Waals surface area contributed by atoms with E-state index in [1.807, 2.05) is 13.0 Å². The van der Waals surface area contributed by atoms with E-state index < -0.39 is 0 Å². The largest absolute Gasteiger partial charge is 0.355 e. The summed E-state index contributed by atoms with van der Waals surface area (Å²) in [6, 6.07) is 5.07. The minimum absolute atomic E-state index is 0.0674. The molecule has 1 N–H and O–H groups in total. The maximum Gasteiger partial charge on any atom is 0.234 e. The van der Waals surface area contributed by atoms with Crippen LogP contribution < -0.4 is 5.32 Å². The third kappa shape index (κ3) is 4.27. The van der Waals surface area contributed by atoms with Crippen molar-refractivity contribution in [1.82, 2.24) is 10.2 Å². The minimum Gasteiger partial charge on any atom is -0.355 e. The molecule has 3 nitrogen and oxygen atoms in total. The number of carbonyl (C=O) groups is 1. The van der Waals surface area contributed by atoms with Crippen molar-refractivity contribution >= 4 is 5.91 Å². The summed E-state index contributed by atoms with van der Waals surface area (Å²) in [4.78, 5) is 14.1. The molecule has 1 amide bonds. The van der Waals surface area contributed by atoms with Crippen LogP contribution in [0, 0.1) is 5.82 Å². The molecular formula is C17H25FN2O. The Morgan fingerprint density at radius 3 is 3.00 bits per heavy atom. The van der Waals surface area contributed by atoms with E-state index in [1.165, 1.54) is 11.6 Å². The Hall–Kier alpha value is -1.42. The molecular weight excluding hydrogens is 267 g/mol. The van der Waals surface area contributed by atoms with Gasteiger partial charge in [0, 0.05) is 19.1 Å². The Labute approximate surface area is 126 Å². The van der Waals surface area contributed by atoms with Gasteiger partial charge in [-0.1, -0.05) is 25.8 Å². The molecule has 21 heavy (non-hydrogen) atoms. The van der Waals surface area contributed by atoms with Crippen LogP contribution in [-0.2, 0) is 11.2 Å². The number of unbranched alkanes of at least 4 members (excludes halogenated alkanes) is 2. The van der Waals surface area contributed by atoms with Crippen molar-refractivity contribution in [2.75, 3.05) is 19.6 Å². The van der Waals surface area contributed by atoms with Gasteiger partial charge in [-0.15, -0.1) is 0 Å². The van der Waals surface area contributed by atoms with Crippen molar-refractivity contribution < 1.29 is 9.18 Å². The highest BCUT2D eigenvalue weighted by atomic mass is 19.1. The van der Waals surface area contributed by atoms with Gasteiger partial charge < -0.3 is 5.32 Å². The Morgan fingerprint density at radius 1 is 1.43 bits per heavy atom. The van der Waals surface area contributed by atoms with Gasteiger partial charge in [0.15, 0.2) is 0 Å². The lowest BCUT2D eigenvalue weighted by molar-refractivity contribution is -0.122. The highest BCUT2D eigenvalue weighted by Gasteiger charge is 2.25. The van der Waals surface area contributed by atoms with Crippen LogP contribution in [0.4, 0.5) is 4.39 Å². The number of nitrogens with zero attached hydrogens (tertiary/aromatic N) is 1. The summed E-state index contributed by atoms with van der Waals surface area (Å²) >= 11 is 0. The molecule has 0 fully saturated rings. The SMILES string of the molecule is CCCCCNC(=O)CN1CCc2ccc(F)cc2C1C. The minimum atomic E-state index is -0.202. The molecule has 0 aliphatic carbocycles. The van der Waals surface area contributed by atoms with Crippen molar-refractivity contribution in [3.63, 3.8) is 0 Å². The molecule has 0 spiro atoms. The summed E-state index contributed by atoms with van der Waals surface area (Å²) in [5, 5.41) is 2.97. The van der Waals surface area contributed by atoms with E-state index in [1.54, 1.807) is 6.07 Å². The molecule has 1 heterocycles. The number of halogens is 1. The van der Waals surface area contributed by atoms with Crippen molar-refractivity contribution in [3.8, 4) is 0 Å². The van der Waals surface area contributed by atoms with Crippen LogP contribution in [0.25, 0.3) is 0 Å². The van der Waals surface area contributed by atoms with Crippen molar-refractivity contribution in [1.29, 1.82) is 0 Å². The van der Waals surface area contributed by atoms with Gasteiger partial charge in [0.05, 0.1) is 6.54 Å². The Morgan fingerprint density at radius 2 is 2.24 bits per heavy atom. The molecule has 2 rings (SSSR count). The van der Waals surface area contributed by atoms with Crippen molar-refractivity contribution in [2.24, 2.45) is 0 Å². The molecule has 0 saturated heterocycles. The summed E-state index contributed by atoms with van der Waals surface area (Å²) in [6.07, 6.45) is 4.21. The van der Waals surface area contributed by atoms with E-state index in [0.29, 0.717) is 6.54 Å². The predicted octanol–water partition coefficient (Wildman–Crippen LogP) is 3.05. The summed E-state index contributed by atoms with van der Waals surface area (Å²) in [6.45, 7) is 6.18. The second-order valence-corrected chi connectivity index (χ2v) is 5.80. The lowest BCUT2D eigenvalue weighted by Crippen LogP contribution is -2.42. The van der Waals surface area contributed by atoms with Crippen molar-refractivity contribution in [2.45, 2.75) is 45.6 Å². The number of benzene rings is 1. The van der Waals surface area contributed by atoms with Crippen LogP contribution in [-0.4, -0.2) is 30.4 Å². The molecule has 1 aromatic carbocycles. The summed E-state index contributed by atoms with van der Waals surface area (Å²) in [5.74, 6) is -0.135. The highest BCUT2D eigenvalue weighted by molar-refractivity contribution is 5.78. The fourth-order valence-electron chi connectivity index (χ4n) is 2.90. The van der Waals surface area contributed by atoms with Crippen LogP contribution in [0.5, 0.6) is 0 Å². The Balaban J connectivity index is 1.89. The number of rotatable bonds is 6. The van der Waals surface area contributed by atoms with Gasteiger partial charge >= 0.3 is 0 Å². The zero-order valence-electron chi connectivity index (χ0n) is 13.0. The fourth-order valence-corrected chi connectivity index (χ4v) is 2.90. The normalized spacial score (nSPS) is 18.3. The van der Waals surface area contributed by atoms with E-state index in [2.05, 4.69) is 17.1 Å². The molecule has 1 aromatic rings. The standard InChI is InChI=1S/C17H25FN2O/c1-3-4-5-9-19-17(21)12-20-10-8-14-6-7-15(18)11-16(14)13(20)2/h6-7,11,13H,3-5,8-10,12H2,1-2H3,(H,19,21). The Bertz CT molecular complexity index is 490. The van der Waals surface area contributed by atoms with E-state index in [0.717, 1.165) is 44.3 Å². The first-order chi connectivity index (χ1) is 10.1. The number of hydrogen-bond donors (Lipinski definition) is 1. The third-order valence-electron chi connectivity index (χ3n) is 4.22. The average Bonchev–Trinajstić information content (AvgIpc) is 2.47. The molecule has 0 bridgehead atoms. The number of hydrogen-bond acceptors (Lipinski definition) is 2. The van der Waals surface area contributed by atoms with Gasteiger partial charge in [0.25, 0.3) is 0 Å². The molecule has 1 unspecified atom stereocenters. The zero-order valence-corrected chi connectivity index (χ0v) is 13.0. The van der Waals surface area contributed by atoms with Crippen LogP contribution in [0.1, 0.15) is 50.3 Å². The second-order valence-electron chi connectivity index (χ2n) is 5.80. The molecule has 116 valence electrons. The first kappa shape index (κ1) is 16.0. The second kappa shape index (κ2) is 7.55. The van der Waals surface area contributed by atoms with Crippen molar-refractivity contribution in [3.05, 3.63) is 35.1 Å². The third-order valence-corrected chi connectivity index (χ3v) is 4.22. The summed E-state index contributed by atoms with van der Waals surface area (Å²) < 4.78 is 13.4. The maximum absolute atomic E-state index is 13.4. The fraction of sp³-hybridized carbons (Fsp3) is 0.588. The smallest absolute Gasteiger partial charge is 0.234 e. The topological polar surface area (TPSA) is 32.3 Å². The number of nitrogens with one attached hydrogen (secondary N) is 1. The molecule has 4 heteroatoms. The van der Waals surface area contributed by atoms with Crippen LogP contribution >= 0.6 is 0 Å².